The second-order valence-corrected chi connectivity index (χ2v) is 5.49. The third-order valence-electron chi connectivity index (χ3n) is 4.17. The summed E-state index contributed by atoms with van der Waals surface area (Å²) in [6, 6.07) is 10.6. The first-order valence-corrected chi connectivity index (χ1v) is 7.31. The van der Waals surface area contributed by atoms with Crippen LogP contribution in [0.5, 0.6) is 0 Å². The van der Waals surface area contributed by atoms with E-state index >= 15 is 0 Å². The molecule has 2 nitrogen and oxygen atoms in total. The van der Waals surface area contributed by atoms with Gasteiger partial charge >= 0.3 is 0 Å². The van der Waals surface area contributed by atoms with E-state index in [1.165, 1.54) is 30.5 Å². The van der Waals surface area contributed by atoms with Gasteiger partial charge in [-0.15, -0.1) is 0 Å². The van der Waals surface area contributed by atoms with Gasteiger partial charge in [-0.1, -0.05) is 51.8 Å². The first-order chi connectivity index (χ1) is 9.21. The van der Waals surface area contributed by atoms with Crippen LogP contribution in [0.1, 0.15) is 52.0 Å². The van der Waals surface area contributed by atoms with E-state index in [1.54, 1.807) is 0 Å². The van der Waals surface area contributed by atoms with Crippen LogP contribution in [-0.4, -0.2) is 9.78 Å². The number of hydrogen-bond acceptors (Lipinski definition) is 1. The van der Waals surface area contributed by atoms with Gasteiger partial charge in [0.2, 0.25) is 0 Å². The zero-order valence-corrected chi connectivity index (χ0v) is 12.3. The summed E-state index contributed by atoms with van der Waals surface area (Å²) in [5, 5.41) is 4.39. The molecule has 0 aliphatic heterocycles. The predicted octanol–water partition coefficient (Wildman–Crippen LogP) is 4.73. The van der Waals surface area contributed by atoms with E-state index in [4.69, 9.17) is 0 Å². The van der Waals surface area contributed by atoms with Gasteiger partial charge in [-0.3, -0.25) is 0 Å². The number of unbranched alkanes of at least 4 members (excludes halogenated alkanes) is 1. The summed E-state index contributed by atoms with van der Waals surface area (Å²) in [7, 11) is 0. The SMILES string of the molecule is CCCCC(C)(CC)c1ccccc1-n1cccn1. The first kappa shape index (κ1) is 13.9. The van der Waals surface area contributed by atoms with E-state index in [9.17, 15) is 0 Å². The van der Waals surface area contributed by atoms with Crippen LogP contribution in [0.3, 0.4) is 0 Å². The van der Waals surface area contributed by atoms with E-state index in [0.29, 0.717) is 0 Å². The Morgan fingerprint density at radius 2 is 1.95 bits per heavy atom. The zero-order chi connectivity index (χ0) is 13.7. The molecule has 0 fully saturated rings. The molecule has 2 rings (SSSR count). The Bertz CT molecular complexity index is 502. The molecule has 1 aromatic carbocycles. The molecule has 0 spiro atoms. The van der Waals surface area contributed by atoms with Gasteiger partial charge in [0.05, 0.1) is 5.69 Å². The molecule has 19 heavy (non-hydrogen) atoms. The van der Waals surface area contributed by atoms with Gasteiger partial charge < -0.3 is 0 Å². The Morgan fingerprint density at radius 3 is 2.58 bits per heavy atom. The third-order valence-corrected chi connectivity index (χ3v) is 4.17. The van der Waals surface area contributed by atoms with Crippen molar-refractivity contribution in [2.45, 2.75) is 51.9 Å². The maximum Gasteiger partial charge on any atom is 0.0683 e. The molecule has 0 radical (unpaired) electrons. The summed E-state index contributed by atoms with van der Waals surface area (Å²) in [6.45, 7) is 6.93. The van der Waals surface area contributed by atoms with Crippen molar-refractivity contribution in [2.24, 2.45) is 0 Å². The lowest BCUT2D eigenvalue weighted by molar-refractivity contribution is 0.401. The molecule has 0 amide bonds. The van der Waals surface area contributed by atoms with Crippen molar-refractivity contribution >= 4 is 0 Å². The number of nitrogens with zero attached hydrogens (tertiary/aromatic N) is 2. The highest BCUT2D eigenvalue weighted by Gasteiger charge is 2.26. The van der Waals surface area contributed by atoms with Gasteiger partial charge in [0, 0.05) is 12.4 Å². The highest BCUT2D eigenvalue weighted by Crippen LogP contribution is 2.36. The van der Waals surface area contributed by atoms with Crippen molar-refractivity contribution in [1.29, 1.82) is 0 Å². The van der Waals surface area contributed by atoms with Crippen LogP contribution in [0.15, 0.2) is 42.7 Å². The molecule has 102 valence electrons. The normalized spacial score (nSPS) is 14.3. The van der Waals surface area contributed by atoms with Gasteiger partial charge in [-0.05, 0) is 36.0 Å². The zero-order valence-electron chi connectivity index (χ0n) is 12.3. The Morgan fingerprint density at radius 1 is 1.16 bits per heavy atom. The fourth-order valence-corrected chi connectivity index (χ4v) is 2.66. The van der Waals surface area contributed by atoms with Crippen LogP contribution in [0.25, 0.3) is 5.69 Å². The average Bonchev–Trinajstić information content (AvgIpc) is 2.99. The van der Waals surface area contributed by atoms with Crippen LogP contribution in [-0.2, 0) is 5.41 Å². The minimum Gasteiger partial charge on any atom is -0.241 e. The minimum absolute atomic E-state index is 0.235. The number of hydrogen-bond donors (Lipinski definition) is 0. The van der Waals surface area contributed by atoms with Crippen LogP contribution in [0, 0.1) is 0 Å². The summed E-state index contributed by atoms with van der Waals surface area (Å²) in [4.78, 5) is 0. The largest absolute Gasteiger partial charge is 0.241 e. The second-order valence-electron chi connectivity index (χ2n) is 5.49. The van der Waals surface area contributed by atoms with Crippen molar-refractivity contribution in [3.63, 3.8) is 0 Å². The summed E-state index contributed by atoms with van der Waals surface area (Å²) in [5.74, 6) is 0. The Kier molecular flexibility index (Phi) is 4.41. The van der Waals surface area contributed by atoms with E-state index in [0.717, 1.165) is 6.42 Å². The van der Waals surface area contributed by atoms with Crippen LogP contribution in [0.4, 0.5) is 0 Å². The minimum atomic E-state index is 0.235. The Hall–Kier alpha value is -1.57. The maximum absolute atomic E-state index is 4.39. The van der Waals surface area contributed by atoms with Crippen LogP contribution >= 0.6 is 0 Å². The molecular formula is C17H24N2. The van der Waals surface area contributed by atoms with E-state index < -0.39 is 0 Å². The van der Waals surface area contributed by atoms with Gasteiger partial charge in [0.25, 0.3) is 0 Å². The fraction of sp³-hybridized carbons (Fsp3) is 0.471. The summed E-state index contributed by atoms with van der Waals surface area (Å²) >= 11 is 0. The predicted molar refractivity (Wildman–Crippen MR) is 80.7 cm³/mol. The molecule has 1 unspecified atom stereocenters. The topological polar surface area (TPSA) is 17.8 Å². The monoisotopic (exact) mass is 256 g/mol. The molecule has 0 saturated heterocycles. The van der Waals surface area contributed by atoms with E-state index in [-0.39, 0.29) is 5.41 Å². The van der Waals surface area contributed by atoms with Crippen molar-refractivity contribution in [3.05, 3.63) is 48.3 Å². The molecule has 1 aromatic heterocycles. The number of para-hydroxylation sites is 1. The maximum atomic E-state index is 4.39. The van der Waals surface area contributed by atoms with Crippen molar-refractivity contribution in [1.82, 2.24) is 9.78 Å². The second kappa shape index (κ2) is 6.05. The third kappa shape index (κ3) is 2.89. The highest BCUT2D eigenvalue weighted by molar-refractivity contribution is 5.44. The summed E-state index contributed by atoms with van der Waals surface area (Å²) in [5.41, 5.74) is 2.86. The van der Waals surface area contributed by atoms with Gasteiger partial charge in [-0.2, -0.15) is 5.10 Å². The molecule has 0 aliphatic carbocycles. The van der Waals surface area contributed by atoms with E-state index in [2.05, 4.69) is 50.1 Å². The van der Waals surface area contributed by atoms with Gasteiger partial charge in [0.15, 0.2) is 0 Å². The summed E-state index contributed by atoms with van der Waals surface area (Å²) < 4.78 is 1.98. The summed E-state index contributed by atoms with van der Waals surface area (Å²) in [6.07, 6.45) is 8.78. The lowest BCUT2D eigenvalue weighted by Crippen LogP contribution is -2.23. The van der Waals surface area contributed by atoms with Gasteiger partial charge in [-0.25, -0.2) is 4.68 Å². The molecule has 2 aromatic rings. The molecule has 2 heteroatoms. The Labute approximate surface area is 116 Å². The Balaban J connectivity index is 2.43. The molecule has 0 bridgehead atoms. The molecule has 0 N–H and O–H groups in total. The van der Waals surface area contributed by atoms with Crippen molar-refractivity contribution in [3.8, 4) is 5.69 Å². The number of benzene rings is 1. The van der Waals surface area contributed by atoms with Crippen molar-refractivity contribution in [2.75, 3.05) is 0 Å². The molecule has 0 saturated carbocycles. The average molecular weight is 256 g/mol. The van der Waals surface area contributed by atoms with Crippen molar-refractivity contribution < 1.29 is 0 Å². The lowest BCUT2D eigenvalue weighted by atomic mass is 9.75. The van der Waals surface area contributed by atoms with Crippen LogP contribution < -0.4 is 0 Å². The molecule has 0 aliphatic rings. The fourth-order valence-electron chi connectivity index (χ4n) is 2.66. The van der Waals surface area contributed by atoms with Gasteiger partial charge in [0.1, 0.15) is 0 Å². The smallest absolute Gasteiger partial charge is 0.0683 e. The number of aromatic nitrogens is 2. The highest BCUT2D eigenvalue weighted by atomic mass is 15.3. The van der Waals surface area contributed by atoms with Crippen LogP contribution in [0.2, 0.25) is 0 Å². The molecular weight excluding hydrogens is 232 g/mol. The molecule has 1 heterocycles. The van der Waals surface area contributed by atoms with E-state index in [1.807, 2.05) is 23.1 Å². The quantitative estimate of drug-likeness (QED) is 0.730. The standard InChI is InChI=1S/C17H24N2/c1-4-6-12-17(3,5-2)15-10-7-8-11-16(15)19-14-9-13-18-19/h7-11,13-14H,4-6,12H2,1-3H3. The molecule has 1 atom stereocenters. The number of rotatable bonds is 6. The first-order valence-electron chi connectivity index (χ1n) is 7.31. The lowest BCUT2D eigenvalue weighted by Gasteiger charge is -2.31.